The quantitative estimate of drug-likeness (QED) is 0.608. The van der Waals surface area contributed by atoms with Crippen molar-refractivity contribution in [2.45, 2.75) is 104 Å². The van der Waals surface area contributed by atoms with E-state index in [2.05, 4.69) is 69.2 Å². The molecule has 0 bridgehead atoms. The molecule has 2 nitrogen and oxygen atoms in total. The van der Waals surface area contributed by atoms with Gasteiger partial charge in [0.2, 0.25) is 0 Å². The van der Waals surface area contributed by atoms with Gasteiger partial charge in [0.25, 0.3) is 0 Å². The van der Waals surface area contributed by atoms with Gasteiger partial charge < -0.3 is 8.85 Å². The number of rotatable bonds is 5. The molecule has 0 aliphatic carbocycles. The van der Waals surface area contributed by atoms with Gasteiger partial charge >= 0.3 is 8.56 Å². The van der Waals surface area contributed by atoms with E-state index in [0.717, 1.165) is 6.04 Å². The maximum Gasteiger partial charge on any atom is 0.344 e. The van der Waals surface area contributed by atoms with Crippen molar-refractivity contribution in [2.24, 2.45) is 0 Å². The van der Waals surface area contributed by atoms with Crippen LogP contribution in [0, 0.1) is 0 Å². The third-order valence-electron chi connectivity index (χ3n) is 2.94. The van der Waals surface area contributed by atoms with Gasteiger partial charge in [-0.25, -0.2) is 0 Å². The summed E-state index contributed by atoms with van der Waals surface area (Å²) in [4.78, 5) is 0. The summed E-state index contributed by atoms with van der Waals surface area (Å²) in [6.07, 6.45) is 2.36. The largest absolute Gasteiger partial charge is 0.389 e. The standard InChI is InChI=1S/C16H36O2Si/c1-11-12-13-19(16(8,9)10,17-14(2,3)4)18-15(5,6)7/h11-13H2,1-10H3. The van der Waals surface area contributed by atoms with Crippen LogP contribution < -0.4 is 0 Å². The zero-order chi connectivity index (χ0) is 15.5. The van der Waals surface area contributed by atoms with E-state index in [4.69, 9.17) is 8.85 Å². The lowest BCUT2D eigenvalue weighted by atomic mass is 10.2. The Morgan fingerprint density at radius 3 is 1.32 bits per heavy atom. The van der Waals surface area contributed by atoms with Crippen molar-refractivity contribution < 1.29 is 8.85 Å². The van der Waals surface area contributed by atoms with E-state index in [1.165, 1.54) is 12.8 Å². The molecule has 0 unspecified atom stereocenters. The van der Waals surface area contributed by atoms with Gasteiger partial charge in [0.1, 0.15) is 0 Å². The van der Waals surface area contributed by atoms with Crippen molar-refractivity contribution in [1.29, 1.82) is 0 Å². The fourth-order valence-electron chi connectivity index (χ4n) is 2.20. The van der Waals surface area contributed by atoms with Crippen molar-refractivity contribution in [1.82, 2.24) is 0 Å². The molecule has 116 valence electrons. The lowest BCUT2D eigenvalue weighted by Gasteiger charge is -2.48. The molecular formula is C16H36O2Si. The number of hydrogen-bond acceptors (Lipinski definition) is 2. The van der Waals surface area contributed by atoms with Crippen molar-refractivity contribution in [3.8, 4) is 0 Å². The molecule has 0 heterocycles. The Balaban J connectivity index is 5.46. The van der Waals surface area contributed by atoms with Gasteiger partial charge in [0.15, 0.2) is 0 Å². The summed E-state index contributed by atoms with van der Waals surface area (Å²) in [7, 11) is -2.29. The van der Waals surface area contributed by atoms with Gasteiger partial charge in [0.05, 0.1) is 11.2 Å². The van der Waals surface area contributed by atoms with Crippen LogP contribution in [0.4, 0.5) is 0 Å². The first-order chi connectivity index (χ1) is 8.22. The minimum Gasteiger partial charge on any atom is -0.389 e. The molecule has 0 rings (SSSR count). The van der Waals surface area contributed by atoms with Crippen LogP contribution in [0.1, 0.15) is 82.1 Å². The van der Waals surface area contributed by atoms with E-state index in [1.807, 2.05) is 0 Å². The SMILES string of the molecule is CCCC[Si](OC(C)(C)C)(OC(C)(C)C)C(C)(C)C. The third-order valence-corrected chi connectivity index (χ3v) is 8.13. The third kappa shape index (κ3) is 6.91. The minimum absolute atomic E-state index is 0.0722. The van der Waals surface area contributed by atoms with Gasteiger partial charge in [-0.15, -0.1) is 0 Å². The molecule has 0 aromatic carbocycles. The molecule has 19 heavy (non-hydrogen) atoms. The number of unbranched alkanes of at least 4 members (excludes halogenated alkanes) is 1. The molecule has 0 aliphatic heterocycles. The highest BCUT2D eigenvalue weighted by molar-refractivity contribution is 6.70. The molecule has 0 fully saturated rings. The molecule has 0 radical (unpaired) electrons. The zero-order valence-corrected chi connectivity index (χ0v) is 15.9. The van der Waals surface area contributed by atoms with Crippen LogP contribution in [0.3, 0.4) is 0 Å². The van der Waals surface area contributed by atoms with Crippen LogP contribution >= 0.6 is 0 Å². The Kier molecular flexibility index (Phi) is 6.32. The first-order valence-corrected chi connectivity index (χ1v) is 9.65. The predicted octanol–water partition coefficient (Wildman–Crippen LogP) is 5.66. The Bertz CT molecular complexity index is 250. The van der Waals surface area contributed by atoms with Crippen LogP contribution in [-0.2, 0) is 8.85 Å². The summed E-state index contributed by atoms with van der Waals surface area (Å²) in [5, 5.41) is 0.0722. The summed E-state index contributed by atoms with van der Waals surface area (Å²) in [5.41, 5.74) is -0.309. The second-order valence-electron chi connectivity index (χ2n) is 8.54. The summed E-state index contributed by atoms with van der Waals surface area (Å²) in [5.74, 6) is 0. The first kappa shape index (κ1) is 19.1. The Morgan fingerprint density at radius 2 is 1.11 bits per heavy atom. The van der Waals surface area contributed by atoms with Crippen molar-refractivity contribution in [3.05, 3.63) is 0 Å². The highest BCUT2D eigenvalue weighted by Crippen LogP contribution is 2.45. The predicted molar refractivity (Wildman–Crippen MR) is 86.9 cm³/mol. The van der Waals surface area contributed by atoms with Crippen molar-refractivity contribution in [3.63, 3.8) is 0 Å². The van der Waals surface area contributed by atoms with Gasteiger partial charge in [0, 0.05) is 5.04 Å². The van der Waals surface area contributed by atoms with Crippen LogP contribution in [0.2, 0.25) is 11.1 Å². The lowest BCUT2D eigenvalue weighted by Crippen LogP contribution is -2.57. The highest BCUT2D eigenvalue weighted by atomic mass is 28.4. The molecule has 3 heteroatoms. The Hall–Kier alpha value is 0.137. The molecule has 0 aliphatic rings. The van der Waals surface area contributed by atoms with Crippen LogP contribution in [0.5, 0.6) is 0 Å². The molecule has 0 aromatic rings. The minimum atomic E-state index is -2.29. The topological polar surface area (TPSA) is 18.5 Å². The molecule has 0 aromatic heterocycles. The van der Waals surface area contributed by atoms with Crippen LogP contribution in [-0.4, -0.2) is 19.8 Å². The Labute approximate surface area is 122 Å². The molecule has 0 saturated heterocycles. The molecule has 0 atom stereocenters. The highest BCUT2D eigenvalue weighted by Gasteiger charge is 2.52. The van der Waals surface area contributed by atoms with Gasteiger partial charge in [-0.2, -0.15) is 0 Å². The van der Waals surface area contributed by atoms with Crippen LogP contribution in [0.15, 0.2) is 0 Å². The maximum atomic E-state index is 6.58. The van der Waals surface area contributed by atoms with Gasteiger partial charge in [-0.1, -0.05) is 40.5 Å². The van der Waals surface area contributed by atoms with E-state index in [1.54, 1.807) is 0 Å². The van der Waals surface area contributed by atoms with E-state index in [-0.39, 0.29) is 16.2 Å². The molecule has 0 spiro atoms. The fourth-order valence-corrected chi connectivity index (χ4v) is 6.61. The van der Waals surface area contributed by atoms with E-state index in [9.17, 15) is 0 Å². The second-order valence-corrected chi connectivity index (χ2v) is 12.4. The van der Waals surface area contributed by atoms with E-state index < -0.39 is 8.56 Å². The van der Waals surface area contributed by atoms with E-state index in [0.29, 0.717) is 0 Å². The fraction of sp³-hybridized carbons (Fsp3) is 1.00. The zero-order valence-electron chi connectivity index (χ0n) is 14.9. The summed E-state index contributed by atoms with van der Waals surface area (Å²) in [6.45, 7) is 21.9. The van der Waals surface area contributed by atoms with Crippen molar-refractivity contribution >= 4 is 8.56 Å². The molecular weight excluding hydrogens is 252 g/mol. The van der Waals surface area contributed by atoms with E-state index >= 15 is 0 Å². The maximum absolute atomic E-state index is 6.58. The van der Waals surface area contributed by atoms with Crippen LogP contribution in [0.25, 0.3) is 0 Å². The monoisotopic (exact) mass is 288 g/mol. The molecule has 0 amide bonds. The average molecular weight is 289 g/mol. The normalized spacial score (nSPS) is 14.8. The number of hydrogen-bond donors (Lipinski definition) is 0. The second kappa shape index (κ2) is 6.27. The smallest absolute Gasteiger partial charge is 0.344 e. The van der Waals surface area contributed by atoms with Gasteiger partial charge in [-0.3, -0.25) is 0 Å². The molecule has 0 saturated carbocycles. The Morgan fingerprint density at radius 1 is 0.737 bits per heavy atom. The summed E-state index contributed by atoms with van der Waals surface area (Å²) >= 11 is 0. The average Bonchev–Trinajstić information content (AvgIpc) is 2.07. The summed E-state index contributed by atoms with van der Waals surface area (Å²) in [6, 6.07) is 1.07. The van der Waals surface area contributed by atoms with Gasteiger partial charge in [-0.05, 0) is 47.6 Å². The molecule has 0 N–H and O–H groups in total. The lowest BCUT2D eigenvalue weighted by molar-refractivity contribution is 0.00222. The van der Waals surface area contributed by atoms with Crippen molar-refractivity contribution in [2.75, 3.05) is 0 Å². The first-order valence-electron chi connectivity index (χ1n) is 7.63. The summed E-state index contributed by atoms with van der Waals surface area (Å²) < 4.78 is 13.2.